The number of aromatic nitrogens is 1. The molecule has 194 valence electrons. The highest BCUT2D eigenvalue weighted by Crippen LogP contribution is 2.37. The molecule has 3 heterocycles. The van der Waals surface area contributed by atoms with Gasteiger partial charge in [0.1, 0.15) is 0 Å². The number of pyridine rings is 1. The van der Waals surface area contributed by atoms with Gasteiger partial charge in [0.2, 0.25) is 0 Å². The van der Waals surface area contributed by atoms with E-state index >= 15 is 0 Å². The van der Waals surface area contributed by atoms with Gasteiger partial charge >= 0.3 is 0 Å². The number of hydrogen-bond acceptors (Lipinski definition) is 5. The van der Waals surface area contributed by atoms with Gasteiger partial charge in [-0.2, -0.15) is 0 Å². The van der Waals surface area contributed by atoms with E-state index in [4.69, 9.17) is 9.47 Å². The summed E-state index contributed by atoms with van der Waals surface area (Å²) >= 11 is 0. The first-order valence-electron chi connectivity index (χ1n) is 13.6. The number of fused-ring (bicyclic) bond motifs is 2. The molecule has 0 radical (unpaired) electrons. The SMILES string of the molecule is COc1cc2c(C(=O)N3CCCCC3)cn(-c3ccc4c(c3)N(CC3CC3)CCC4)c(=O)c2cc1OC. The van der Waals surface area contributed by atoms with Gasteiger partial charge in [0.05, 0.1) is 30.9 Å². The zero-order valence-corrected chi connectivity index (χ0v) is 21.8. The zero-order chi connectivity index (χ0) is 25.5. The van der Waals surface area contributed by atoms with Crippen LogP contribution in [0.2, 0.25) is 0 Å². The Labute approximate surface area is 217 Å². The fourth-order valence-electron chi connectivity index (χ4n) is 5.89. The fourth-order valence-corrected chi connectivity index (χ4v) is 5.89. The van der Waals surface area contributed by atoms with Crippen LogP contribution >= 0.6 is 0 Å². The molecule has 1 amide bonds. The number of benzene rings is 2. The van der Waals surface area contributed by atoms with Crippen LogP contribution in [0.15, 0.2) is 41.3 Å². The van der Waals surface area contributed by atoms with E-state index in [0.29, 0.717) is 27.8 Å². The summed E-state index contributed by atoms with van der Waals surface area (Å²) in [6.07, 6.45) is 9.71. The lowest BCUT2D eigenvalue weighted by atomic mass is 10.00. The second kappa shape index (κ2) is 9.77. The summed E-state index contributed by atoms with van der Waals surface area (Å²) in [7, 11) is 3.13. The maximum atomic E-state index is 13.9. The van der Waals surface area contributed by atoms with Gasteiger partial charge in [0, 0.05) is 43.4 Å². The van der Waals surface area contributed by atoms with Gasteiger partial charge in [0.25, 0.3) is 11.5 Å². The molecular formula is C30H35N3O4. The number of carbonyl (C=O) groups is 1. The lowest BCUT2D eigenvalue weighted by Gasteiger charge is -2.32. The minimum absolute atomic E-state index is 0.0426. The summed E-state index contributed by atoms with van der Waals surface area (Å²) in [5, 5.41) is 1.05. The summed E-state index contributed by atoms with van der Waals surface area (Å²) in [6, 6.07) is 9.78. The van der Waals surface area contributed by atoms with Crippen LogP contribution in [-0.4, -0.2) is 55.8 Å². The normalized spacial score (nSPS) is 17.6. The average Bonchev–Trinajstić information content (AvgIpc) is 3.77. The van der Waals surface area contributed by atoms with Crippen molar-refractivity contribution < 1.29 is 14.3 Å². The van der Waals surface area contributed by atoms with Crippen LogP contribution in [0.4, 0.5) is 5.69 Å². The summed E-state index contributed by atoms with van der Waals surface area (Å²) in [5.74, 6) is 1.72. The lowest BCUT2D eigenvalue weighted by Crippen LogP contribution is -2.36. The van der Waals surface area contributed by atoms with Crippen LogP contribution in [-0.2, 0) is 6.42 Å². The summed E-state index contributed by atoms with van der Waals surface area (Å²) < 4.78 is 12.7. The molecule has 1 aliphatic carbocycles. The number of likely N-dealkylation sites (tertiary alicyclic amines) is 1. The number of amides is 1. The number of ether oxygens (including phenoxy) is 2. The predicted molar refractivity (Wildman–Crippen MR) is 146 cm³/mol. The third kappa shape index (κ3) is 4.45. The van der Waals surface area contributed by atoms with Gasteiger partial charge in [-0.25, -0.2) is 0 Å². The van der Waals surface area contributed by atoms with Crippen LogP contribution in [0.3, 0.4) is 0 Å². The van der Waals surface area contributed by atoms with E-state index in [9.17, 15) is 9.59 Å². The Kier molecular flexibility index (Phi) is 6.31. The summed E-state index contributed by atoms with van der Waals surface area (Å²) in [6.45, 7) is 3.61. The standard InChI is InChI=1S/C30H35N3O4/c1-36-27-16-23-24(17-28(27)37-2)30(35)33(19-25(23)29(34)31-12-4-3-5-13-31)22-11-10-21-7-6-14-32(26(21)15-22)18-20-8-9-20/h10-11,15-17,19-20H,3-9,12-14,18H2,1-2H3. The Hall–Kier alpha value is -3.48. The molecule has 0 spiro atoms. The minimum Gasteiger partial charge on any atom is -0.493 e. The fraction of sp³-hybridized carbons (Fsp3) is 0.467. The molecule has 7 heteroatoms. The van der Waals surface area contributed by atoms with E-state index in [1.54, 1.807) is 37.1 Å². The summed E-state index contributed by atoms with van der Waals surface area (Å²) in [4.78, 5) is 32.1. The number of rotatable bonds is 6. The molecule has 1 aromatic heterocycles. The molecule has 3 aromatic rings. The topological polar surface area (TPSA) is 64.0 Å². The maximum Gasteiger partial charge on any atom is 0.263 e. The molecular weight excluding hydrogens is 466 g/mol. The minimum atomic E-state index is -0.171. The molecule has 0 unspecified atom stereocenters. The molecule has 0 N–H and O–H groups in total. The molecule has 2 aromatic carbocycles. The van der Waals surface area contributed by atoms with Gasteiger partial charge in [-0.15, -0.1) is 0 Å². The Morgan fingerprint density at radius 2 is 1.65 bits per heavy atom. The van der Waals surface area contributed by atoms with Crippen molar-refractivity contribution in [3.63, 3.8) is 0 Å². The second-order valence-corrected chi connectivity index (χ2v) is 10.6. The number of methoxy groups -OCH3 is 2. The molecule has 37 heavy (non-hydrogen) atoms. The first-order valence-corrected chi connectivity index (χ1v) is 13.6. The lowest BCUT2D eigenvalue weighted by molar-refractivity contribution is 0.0725. The van der Waals surface area contributed by atoms with E-state index in [1.165, 1.54) is 24.1 Å². The highest BCUT2D eigenvalue weighted by Gasteiger charge is 2.28. The van der Waals surface area contributed by atoms with E-state index in [1.807, 2.05) is 11.0 Å². The first kappa shape index (κ1) is 23.9. The molecule has 1 saturated heterocycles. The molecule has 6 rings (SSSR count). The number of aryl methyl sites for hydroxylation is 1. The van der Waals surface area contributed by atoms with Gasteiger partial charge in [-0.05, 0) is 80.7 Å². The van der Waals surface area contributed by atoms with E-state index in [-0.39, 0.29) is 11.5 Å². The smallest absolute Gasteiger partial charge is 0.263 e. The zero-order valence-electron chi connectivity index (χ0n) is 21.8. The van der Waals surface area contributed by atoms with Crippen molar-refractivity contribution >= 4 is 22.4 Å². The van der Waals surface area contributed by atoms with Crippen LogP contribution in [0.5, 0.6) is 11.5 Å². The van der Waals surface area contributed by atoms with Crippen molar-refractivity contribution in [1.29, 1.82) is 0 Å². The van der Waals surface area contributed by atoms with Crippen molar-refractivity contribution in [3.05, 3.63) is 58.0 Å². The van der Waals surface area contributed by atoms with Crippen molar-refractivity contribution in [1.82, 2.24) is 9.47 Å². The van der Waals surface area contributed by atoms with Gasteiger partial charge < -0.3 is 19.3 Å². The average molecular weight is 502 g/mol. The van der Waals surface area contributed by atoms with E-state index in [0.717, 1.165) is 69.9 Å². The Bertz CT molecular complexity index is 1400. The molecule has 7 nitrogen and oxygen atoms in total. The van der Waals surface area contributed by atoms with Crippen molar-refractivity contribution in [2.75, 3.05) is 45.3 Å². The highest BCUT2D eigenvalue weighted by molar-refractivity contribution is 6.07. The molecule has 1 saturated carbocycles. The molecule has 0 atom stereocenters. The number of anilines is 1. The summed E-state index contributed by atoms with van der Waals surface area (Å²) in [5.41, 5.74) is 3.69. The van der Waals surface area contributed by atoms with E-state index in [2.05, 4.69) is 17.0 Å². The largest absolute Gasteiger partial charge is 0.493 e. The first-order chi connectivity index (χ1) is 18.1. The van der Waals surface area contributed by atoms with Crippen molar-refractivity contribution in [3.8, 4) is 17.2 Å². The van der Waals surface area contributed by atoms with Crippen LogP contribution in [0.25, 0.3) is 16.5 Å². The monoisotopic (exact) mass is 501 g/mol. The second-order valence-electron chi connectivity index (χ2n) is 10.6. The molecule has 2 aliphatic heterocycles. The number of nitrogens with zero attached hydrogens (tertiary/aromatic N) is 3. The quantitative estimate of drug-likeness (QED) is 0.486. The number of piperidine rings is 1. The van der Waals surface area contributed by atoms with Crippen LogP contribution in [0.1, 0.15) is 54.4 Å². The van der Waals surface area contributed by atoms with Crippen LogP contribution < -0.4 is 19.9 Å². The maximum absolute atomic E-state index is 13.9. The van der Waals surface area contributed by atoms with Gasteiger partial charge in [-0.3, -0.25) is 14.2 Å². The number of carbonyl (C=O) groups excluding carboxylic acids is 1. The molecule has 2 fully saturated rings. The third-order valence-corrected chi connectivity index (χ3v) is 8.13. The van der Waals surface area contributed by atoms with Gasteiger partial charge in [0.15, 0.2) is 11.5 Å². The number of hydrogen-bond donors (Lipinski definition) is 0. The van der Waals surface area contributed by atoms with Crippen molar-refractivity contribution in [2.24, 2.45) is 5.92 Å². The predicted octanol–water partition coefficient (Wildman–Crippen LogP) is 4.80. The van der Waals surface area contributed by atoms with Crippen LogP contribution in [0, 0.1) is 5.92 Å². The van der Waals surface area contributed by atoms with Gasteiger partial charge in [-0.1, -0.05) is 6.07 Å². The van der Waals surface area contributed by atoms with Crippen molar-refractivity contribution in [2.45, 2.75) is 44.9 Å². The molecule has 3 aliphatic rings. The van der Waals surface area contributed by atoms with E-state index < -0.39 is 0 Å². The Morgan fingerprint density at radius 3 is 2.35 bits per heavy atom. The third-order valence-electron chi connectivity index (χ3n) is 8.13. The molecule has 0 bridgehead atoms. The Balaban J connectivity index is 1.52. The Morgan fingerprint density at radius 1 is 0.919 bits per heavy atom. The highest BCUT2D eigenvalue weighted by atomic mass is 16.5.